The summed E-state index contributed by atoms with van der Waals surface area (Å²) in [5.74, 6) is 6.29. The molecule has 1 atom stereocenters. The van der Waals surface area contributed by atoms with Gasteiger partial charge in [0.1, 0.15) is 11.6 Å². The molecule has 0 bridgehead atoms. The highest BCUT2D eigenvalue weighted by molar-refractivity contribution is 5.52. The lowest BCUT2D eigenvalue weighted by Crippen LogP contribution is -2.36. The molecule has 20 heavy (non-hydrogen) atoms. The molecule has 0 aliphatic heterocycles. The lowest BCUT2D eigenvalue weighted by molar-refractivity contribution is 0.223. The smallest absolute Gasteiger partial charge is 0.223 e. The fourth-order valence-corrected chi connectivity index (χ4v) is 1.90. The predicted octanol–water partition coefficient (Wildman–Crippen LogP) is 0.664. The van der Waals surface area contributed by atoms with Crippen LogP contribution in [0.3, 0.4) is 0 Å². The molecule has 106 valence electrons. The molecule has 2 aromatic rings. The van der Waals surface area contributed by atoms with Crippen LogP contribution in [0.25, 0.3) is 0 Å². The summed E-state index contributed by atoms with van der Waals surface area (Å²) in [5.41, 5.74) is 8.28. The van der Waals surface area contributed by atoms with Crippen molar-refractivity contribution in [3.05, 3.63) is 42.0 Å². The first-order valence-electron chi connectivity index (χ1n) is 6.13. The Labute approximate surface area is 117 Å². The van der Waals surface area contributed by atoms with Crippen LogP contribution in [0.4, 0.5) is 17.6 Å². The first-order chi connectivity index (χ1) is 9.57. The third-order valence-electron chi connectivity index (χ3n) is 3.02. The molecule has 1 heterocycles. The number of anilines is 3. The summed E-state index contributed by atoms with van der Waals surface area (Å²) >= 11 is 0. The summed E-state index contributed by atoms with van der Waals surface area (Å²) in [6.45, 7) is 1.77. The van der Waals surface area contributed by atoms with Crippen LogP contribution in [-0.2, 0) is 5.54 Å². The van der Waals surface area contributed by atoms with Crippen molar-refractivity contribution in [2.45, 2.75) is 12.5 Å². The van der Waals surface area contributed by atoms with Crippen molar-refractivity contribution in [1.29, 1.82) is 0 Å². The van der Waals surface area contributed by atoms with E-state index in [1.165, 1.54) is 0 Å². The summed E-state index contributed by atoms with van der Waals surface area (Å²) in [4.78, 5) is 8.00. The fourth-order valence-electron chi connectivity index (χ4n) is 1.90. The van der Waals surface area contributed by atoms with Crippen molar-refractivity contribution in [1.82, 2.24) is 9.97 Å². The van der Waals surface area contributed by atoms with Gasteiger partial charge < -0.3 is 21.6 Å². The molecule has 0 saturated heterocycles. The van der Waals surface area contributed by atoms with Crippen molar-refractivity contribution in [3.63, 3.8) is 0 Å². The average Bonchev–Trinajstić information content (AvgIpc) is 2.47. The van der Waals surface area contributed by atoms with E-state index in [9.17, 15) is 5.11 Å². The third kappa shape index (κ3) is 2.95. The monoisotopic (exact) mass is 274 g/mol. The molecule has 0 fully saturated rings. The van der Waals surface area contributed by atoms with Crippen molar-refractivity contribution in [2.24, 2.45) is 5.84 Å². The number of aliphatic hydroxyl groups is 1. The Kier molecular flexibility index (Phi) is 4.02. The molecule has 0 saturated carbocycles. The predicted molar refractivity (Wildman–Crippen MR) is 78.8 cm³/mol. The number of nitrogen functional groups attached to an aromatic ring is 2. The highest BCUT2D eigenvalue weighted by Crippen LogP contribution is 2.25. The minimum atomic E-state index is -0.687. The molecule has 2 rings (SSSR count). The zero-order valence-corrected chi connectivity index (χ0v) is 11.2. The Balaban J connectivity index is 2.33. The van der Waals surface area contributed by atoms with Crippen LogP contribution in [0.2, 0.25) is 0 Å². The number of nitrogens with two attached hydrogens (primary N) is 2. The van der Waals surface area contributed by atoms with Gasteiger partial charge >= 0.3 is 0 Å². The van der Waals surface area contributed by atoms with Gasteiger partial charge in [0.05, 0.1) is 12.1 Å². The van der Waals surface area contributed by atoms with Gasteiger partial charge in [0.2, 0.25) is 5.95 Å². The van der Waals surface area contributed by atoms with Gasteiger partial charge in [-0.05, 0) is 12.5 Å². The second-order valence-corrected chi connectivity index (χ2v) is 4.62. The van der Waals surface area contributed by atoms with Gasteiger partial charge in [-0.15, -0.1) is 0 Å². The van der Waals surface area contributed by atoms with Gasteiger partial charge in [-0.25, -0.2) is 5.84 Å². The number of hydrogen-bond donors (Lipinski definition) is 5. The summed E-state index contributed by atoms with van der Waals surface area (Å²) in [6, 6.07) is 11.2. The van der Waals surface area contributed by atoms with E-state index in [2.05, 4.69) is 20.7 Å². The van der Waals surface area contributed by atoms with E-state index in [1.54, 1.807) is 6.07 Å². The largest absolute Gasteiger partial charge is 0.394 e. The van der Waals surface area contributed by atoms with E-state index in [1.807, 2.05) is 37.3 Å². The topological polar surface area (TPSA) is 122 Å². The normalized spacial score (nSPS) is 13.6. The van der Waals surface area contributed by atoms with E-state index < -0.39 is 5.54 Å². The maximum atomic E-state index is 9.72. The number of hydrogen-bond acceptors (Lipinski definition) is 7. The number of benzene rings is 1. The van der Waals surface area contributed by atoms with Crippen molar-refractivity contribution in [2.75, 3.05) is 23.1 Å². The zero-order chi connectivity index (χ0) is 14.6. The molecule has 0 aliphatic rings. The van der Waals surface area contributed by atoms with E-state index in [0.29, 0.717) is 11.6 Å². The van der Waals surface area contributed by atoms with E-state index in [-0.39, 0.29) is 12.6 Å². The van der Waals surface area contributed by atoms with Crippen LogP contribution in [-0.4, -0.2) is 21.7 Å². The van der Waals surface area contributed by atoms with Gasteiger partial charge in [0.15, 0.2) is 0 Å². The minimum Gasteiger partial charge on any atom is -0.394 e. The fraction of sp³-hybridized carbons (Fsp3) is 0.231. The third-order valence-corrected chi connectivity index (χ3v) is 3.02. The highest BCUT2D eigenvalue weighted by atomic mass is 16.3. The summed E-state index contributed by atoms with van der Waals surface area (Å²) in [7, 11) is 0. The number of rotatable bonds is 5. The molecule has 7 heteroatoms. The molecule has 0 amide bonds. The van der Waals surface area contributed by atoms with E-state index >= 15 is 0 Å². The quantitative estimate of drug-likeness (QED) is 0.401. The minimum absolute atomic E-state index is 0.0938. The molecule has 7 N–H and O–H groups in total. The van der Waals surface area contributed by atoms with Gasteiger partial charge in [-0.3, -0.25) is 0 Å². The molecule has 1 unspecified atom stereocenters. The summed E-state index contributed by atoms with van der Waals surface area (Å²) in [5, 5.41) is 12.9. The van der Waals surface area contributed by atoms with Crippen molar-refractivity contribution in [3.8, 4) is 0 Å². The number of nitrogens with zero attached hydrogens (tertiary/aromatic N) is 2. The van der Waals surface area contributed by atoms with Crippen LogP contribution in [0, 0.1) is 0 Å². The molecule has 0 radical (unpaired) electrons. The maximum Gasteiger partial charge on any atom is 0.223 e. The van der Waals surface area contributed by atoms with Crippen LogP contribution in [0.1, 0.15) is 12.5 Å². The van der Waals surface area contributed by atoms with E-state index in [0.717, 1.165) is 5.56 Å². The first kappa shape index (κ1) is 14.0. The van der Waals surface area contributed by atoms with Gasteiger partial charge in [-0.1, -0.05) is 30.3 Å². The standard InChI is InChI=1S/C13H18N6O/c1-13(8-20,9-5-3-2-4-6-9)18-10-7-11(19-15)17-12(14)16-10/h2-7,20H,8,15H2,1H3,(H4,14,16,17,18,19). The first-order valence-corrected chi connectivity index (χ1v) is 6.13. The molecule has 7 nitrogen and oxygen atoms in total. The van der Waals surface area contributed by atoms with Crippen LogP contribution in [0.5, 0.6) is 0 Å². The lowest BCUT2D eigenvalue weighted by Gasteiger charge is -2.30. The second kappa shape index (κ2) is 5.72. The molecule has 0 spiro atoms. The van der Waals surface area contributed by atoms with Crippen molar-refractivity contribution < 1.29 is 5.11 Å². The number of aromatic nitrogens is 2. The zero-order valence-electron chi connectivity index (χ0n) is 11.2. The number of aliphatic hydroxyl groups excluding tert-OH is 1. The molecular formula is C13H18N6O. The Bertz CT molecular complexity index is 576. The Morgan fingerprint density at radius 3 is 2.45 bits per heavy atom. The number of nitrogens with one attached hydrogen (secondary N) is 2. The van der Waals surface area contributed by atoms with Gasteiger partial charge in [0, 0.05) is 6.07 Å². The van der Waals surface area contributed by atoms with Gasteiger partial charge in [0.25, 0.3) is 0 Å². The Hall–Kier alpha value is -2.38. The lowest BCUT2D eigenvalue weighted by atomic mass is 9.93. The van der Waals surface area contributed by atoms with Crippen LogP contribution < -0.4 is 22.3 Å². The summed E-state index contributed by atoms with van der Waals surface area (Å²) in [6.07, 6.45) is 0. The van der Waals surface area contributed by atoms with Crippen LogP contribution in [0.15, 0.2) is 36.4 Å². The molecule has 0 aliphatic carbocycles. The maximum absolute atomic E-state index is 9.72. The molecule has 1 aromatic carbocycles. The average molecular weight is 274 g/mol. The molecular weight excluding hydrogens is 256 g/mol. The Morgan fingerprint density at radius 1 is 1.20 bits per heavy atom. The van der Waals surface area contributed by atoms with Crippen LogP contribution >= 0.6 is 0 Å². The molecule has 1 aromatic heterocycles. The van der Waals surface area contributed by atoms with E-state index in [4.69, 9.17) is 11.6 Å². The highest BCUT2D eigenvalue weighted by Gasteiger charge is 2.26. The summed E-state index contributed by atoms with van der Waals surface area (Å²) < 4.78 is 0. The number of hydrazine groups is 1. The second-order valence-electron chi connectivity index (χ2n) is 4.62. The Morgan fingerprint density at radius 2 is 1.85 bits per heavy atom. The van der Waals surface area contributed by atoms with Gasteiger partial charge in [-0.2, -0.15) is 9.97 Å². The van der Waals surface area contributed by atoms with Crippen molar-refractivity contribution >= 4 is 17.6 Å². The SMILES string of the molecule is CC(CO)(Nc1cc(NN)nc(N)n1)c1ccccc1.